The third kappa shape index (κ3) is 3.16. The highest BCUT2D eigenvalue weighted by molar-refractivity contribution is 5.95. The average molecular weight is 387 g/mol. The summed E-state index contributed by atoms with van der Waals surface area (Å²) in [5.41, 5.74) is 4.66. The Balaban J connectivity index is 1.56. The highest BCUT2D eigenvalue weighted by Gasteiger charge is 2.21. The Hall–Kier alpha value is -3.87. The summed E-state index contributed by atoms with van der Waals surface area (Å²) in [6.45, 7) is 0.139. The van der Waals surface area contributed by atoms with Crippen molar-refractivity contribution in [3.8, 4) is 22.4 Å². The third-order valence-electron chi connectivity index (χ3n) is 4.77. The number of aromatic nitrogens is 3. The molecule has 3 heterocycles. The Kier molecular flexibility index (Phi) is 4.13. The van der Waals surface area contributed by atoms with Gasteiger partial charge in [0, 0.05) is 52.9 Å². The Bertz CT molecular complexity index is 1230. The second kappa shape index (κ2) is 6.94. The first kappa shape index (κ1) is 17.2. The predicted molar refractivity (Wildman–Crippen MR) is 108 cm³/mol. The van der Waals surface area contributed by atoms with Crippen LogP contribution in [0.15, 0.2) is 67.0 Å². The molecule has 0 amide bonds. The van der Waals surface area contributed by atoms with Crippen molar-refractivity contribution in [1.29, 1.82) is 0 Å². The van der Waals surface area contributed by atoms with Crippen molar-refractivity contribution in [3.63, 3.8) is 0 Å². The molecule has 0 fully saturated rings. The van der Waals surface area contributed by atoms with E-state index in [-0.39, 0.29) is 6.54 Å². The van der Waals surface area contributed by atoms with Crippen LogP contribution in [-0.2, 0) is 6.54 Å². The molecule has 2 aromatic heterocycles. The summed E-state index contributed by atoms with van der Waals surface area (Å²) in [6, 6.07) is 15.2. The van der Waals surface area contributed by atoms with E-state index in [4.69, 9.17) is 0 Å². The molecular weight excluding hydrogens is 372 g/mol. The minimum atomic E-state index is -0.611. The van der Waals surface area contributed by atoms with E-state index in [1.165, 1.54) is 12.1 Å². The number of hydrogen-bond acceptors (Lipinski definition) is 5. The summed E-state index contributed by atoms with van der Waals surface area (Å²) in [6.07, 6.45) is 3.46. The second-order valence-corrected chi connectivity index (χ2v) is 6.62. The molecule has 1 aliphatic heterocycles. The first-order valence-electron chi connectivity index (χ1n) is 9.06. The lowest BCUT2D eigenvalue weighted by Crippen LogP contribution is -2.06. The summed E-state index contributed by atoms with van der Waals surface area (Å²) in [4.78, 5) is 13.5. The maximum absolute atomic E-state index is 13.9. The number of halogens is 2. The van der Waals surface area contributed by atoms with Crippen LogP contribution in [0, 0.1) is 11.6 Å². The van der Waals surface area contributed by atoms with Crippen LogP contribution in [0.3, 0.4) is 0 Å². The molecule has 5 nitrogen and oxygen atoms in total. The summed E-state index contributed by atoms with van der Waals surface area (Å²) in [7, 11) is 0. The minimum Gasteiger partial charge on any atom is -0.350 e. The van der Waals surface area contributed by atoms with E-state index < -0.39 is 11.6 Å². The van der Waals surface area contributed by atoms with Gasteiger partial charge in [-0.2, -0.15) is 0 Å². The Morgan fingerprint density at radius 1 is 0.897 bits per heavy atom. The van der Waals surface area contributed by atoms with Crippen LogP contribution >= 0.6 is 0 Å². The van der Waals surface area contributed by atoms with Gasteiger partial charge in [0.05, 0.1) is 5.69 Å². The zero-order valence-electron chi connectivity index (χ0n) is 15.2. The standard InChI is InChI=1S/C22H15F2N5/c23-14-8-7-13(18(24)10-14)11-26-22-27-12-17-15-4-1-2-6-19(15)28-21-16(20(17)29-22)5-3-9-25-21/h1-10,12H,11H2,(H,25,28)(H,26,27,29). The molecule has 4 aromatic rings. The van der Waals surface area contributed by atoms with E-state index in [0.717, 1.165) is 34.1 Å². The smallest absolute Gasteiger partial charge is 0.223 e. The number of anilines is 3. The number of nitrogens with one attached hydrogen (secondary N) is 2. The summed E-state index contributed by atoms with van der Waals surface area (Å²) in [5, 5.41) is 6.38. The lowest BCUT2D eigenvalue weighted by atomic mass is 10.0. The lowest BCUT2D eigenvalue weighted by molar-refractivity contribution is 0.574. The Labute approximate surface area is 165 Å². The van der Waals surface area contributed by atoms with Gasteiger partial charge in [0.25, 0.3) is 0 Å². The fourth-order valence-electron chi connectivity index (χ4n) is 3.36. The van der Waals surface area contributed by atoms with E-state index >= 15 is 0 Å². The molecule has 0 spiro atoms. The molecule has 0 atom stereocenters. The molecule has 0 saturated carbocycles. The predicted octanol–water partition coefficient (Wildman–Crippen LogP) is 5.15. The van der Waals surface area contributed by atoms with Gasteiger partial charge in [0.2, 0.25) is 5.95 Å². The fourth-order valence-corrected chi connectivity index (χ4v) is 3.36. The minimum absolute atomic E-state index is 0.139. The number of para-hydroxylation sites is 1. The highest BCUT2D eigenvalue weighted by atomic mass is 19.1. The van der Waals surface area contributed by atoms with Crippen LogP contribution < -0.4 is 10.6 Å². The van der Waals surface area contributed by atoms with Crippen molar-refractivity contribution in [1.82, 2.24) is 15.0 Å². The van der Waals surface area contributed by atoms with Crippen LogP contribution in [0.4, 0.5) is 26.2 Å². The van der Waals surface area contributed by atoms with Crippen LogP contribution in [-0.4, -0.2) is 15.0 Å². The molecule has 0 unspecified atom stereocenters. The van der Waals surface area contributed by atoms with Gasteiger partial charge in [-0.15, -0.1) is 0 Å². The number of rotatable bonds is 3. The third-order valence-corrected chi connectivity index (χ3v) is 4.77. The lowest BCUT2D eigenvalue weighted by Gasteiger charge is -2.11. The van der Waals surface area contributed by atoms with Crippen LogP contribution in [0.1, 0.15) is 5.56 Å². The van der Waals surface area contributed by atoms with Gasteiger partial charge in [-0.25, -0.2) is 23.7 Å². The van der Waals surface area contributed by atoms with Crippen molar-refractivity contribution in [2.75, 3.05) is 10.6 Å². The van der Waals surface area contributed by atoms with Gasteiger partial charge < -0.3 is 10.6 Å². The number of benzene rings is 2. The quantitative estimate of drug-likeness (QED) is 0.448. The van der Waals surface area contributed by atoms with E-state index in [0.29, 0.717) is 17.3 Å². The van der Waals surface area contributed by atoms with Gasteiger partial charge in [-0.1, -0.05) is 24.3 Å². The molecule has 7 heteroatoms. The zero-order valence-corrected chi connectivity index (χ0v) is 15.2. The van der Waals surface area contributed by atoms with Gasteiger partial charge in [-0.3, -0.25) is 0 Å². The molecule has 2 N–H and O–H groups in total. The van der Waals surface area contributed by atoms with Crippen molar-refractivity contribution in [2.45, 2.75) is 6.54 Å². The monoisotopic (exact) mass is 387 g/mol. The molecule has 0 bridgehead atoms. The molecule has 2 aromatic carbocycles. The summed E-state index contributed by atoms with van der Waals surface area (Å²) in [5.74, 6) is -0.169. The molecule has 142 valence electrons. The van der Waals surface area contributed by atoms with E-state index in [2.05, 4.69) is 25.6 Å². The van der Waals surface area contributed by atoms with Gasteiger partial charge >= 0.3 is 0 Å². The molecular formula is C22H15F2N5. The van der Waals surface area contributed by atoms with Gasteiger partial charge in [-0.05, 0) is 24.3 Å². The normalized spacial score (nSPS) is 11.5. The average Bonchev–Trinajstić information content (AvgIpc) is 2.87. The first-order valence-corrected chi connectivity index (χ1v) is 9.06. The number of fused-ring (bicyclic) bond motifs is 5. The van der Waals surface area contributed by atoms with Crippen molar-refractivity contribution < 1.29 is 8.78 Å². The van der Waals surface area contributed by atoms with Crippen LogP contribution in [0.5, 0.6) is 0 Å². The first-order chi connectivity index (χ1) is 14.2. The topological polar surface area (TPSA) is 62.7 Å². The molecule has 29 heavy (non-hydrogen) atoms. The Morgan fingerprint density at radius 3 is 2.66 bits per heavy atom. The SMILES string of the molecule is Fc1ccc(CNc2ncc3c(n2)-c2cccnc2Nc2ccccc2-3)c(F)c1. The molecule has 0 radical (unpaired) electrons. The maximum Gasteiger partial charge on any atom is 0.223 e. The van der Waals surface area contributed by atoms with E-state index in [1.807, 2.05) is 36.4 Å². The van der Waals surface area contributed by atoms with Crippen molar-refractivity contribution in [2.24, 2.45) is 0 Å². The molecule has 5 rings (SSSR count). The number of pyridine rings is 1. The molecule has 1 aliphatic rings. The van der Waals surface area contributed by atoms with Crippen molar-refractivity contribution in [3.05, 3.63) is 84.2 Å². The highest BCUT2D eigenvalue weighted by Crippen LogP contribution is 2.42. The van der Waals surface area contributed by atoms with Crippen LogP contribution in [0.25, 0.3) is 22.4 Å². The summed E-state index contributed by atoms with van der Waals surface area (Å²) < 4.78 is 27.0. The van der Waals surface area contributed by atoms with Gasteiger partial charge in [0.15, 0.2) is 0 Å². The molecule has 0 aliphatic carbocycles. The maximum atomic E-state index is 13.9. The fraction of sp³-hybridized carbons (Fsp3) is 0.0455. The van der Waals surface area contributed by atoms with Gasteiger partial charge in [0.1, 0.15) is 17.5 Å². The second-order valence-electron chi connectivity index (χ2n) is 6.62. The van der Waals surface area contributed by atoms with Crippen molar-refractivity contribution >= 4 is 17.5 Å². The Morgan fingerprint density at radius 2 is 1.76 bits per heavy atom. The van der Waals surface area contributed by atoms with E-state index in [1.54, 1.807) is 12.4 Å². The summed E-state index contributed by atoms with van der Waals surface area (Å²) >= 11 is 0. The largest absolute Gasteiger partial charge is 0.350 e. The zero-order chi connectivity index (χ0) is 19.8. The van der Waals surface area contributed by atoms with E-state index in [9.17, 15) is 8.78 Å². The number of hydrogen-bond donors (Lipinski definition) is 2. The number of nitrogens with zero attached hydrogens (tertiary/aromatic N) is 3. The molecule has 0 saturated heterocycles. The van der Waals surface area contributed by atoms with Crippen LogP contribution in [0.2, 0.25) is 0 Å².